The first-order chi connectivity index (χ1) is 6.77. The Morgan fingerprint density at radius 3 is 2.07 bits per heavy atom. The molecule has 0 unspecified atom stereocenters. The molecule has 0 bridgehead atoms. The molecule has 0 aliphatic heterocycles. The Bertz CT molecular complexity index is 401. The molecule has 0 N–H and O–H groups in total. The maximum absolute atomic E-state index is 6.05. The molecule has 0 amide bonds. The minimum Gasteiger partial charge on any atom is -0.350 e. The average Bonchev–Trinajstić information content (AvgIpc) is 2.64. The largest absolute Gasteiger partial charge is 0.350 e. The second-order valence-corrected chi connectivity index (χ2v) is 3.87. The number of hydrogen-bond donors (Lipinski definition) is 0. The molecule has 0 saturated carbocycles. The molecule has 1 nitrogen and oxygen atoms in total. The highest BCUT2D eigenvalue weighted by Crippen LogP contribution is 2.24. The van der Waals surface area contributed by atoms with Gasteiger partial charge >= 0.3 is 0 Å². The Labute approximate surface area is 92.9 Å². The lowest BCUT2D eigenvalue weighted by molar-refractivity contribution is 0.806. The third-order valence-corrected chi connectivity index (χ3v) is 2.78. The number of halogens is 2. The maximum atomic E-state index is 6.05. The molecule has 2 aromatic rings. The van der Waals surface area contributed by atoms with Crippen molar-refractivity contribution in [3.05, 3.63) is 58.3 Å². The molecule has 1 aromatic heterocycles. The summed E-state index contributed by atoms with van der Waals surface area (Å²) in [7, 11) is 0. The van der Waals surface area contributed by atoms with Crippen molar-refractivity contribution >= 4 is 23.2 Å². The van der Waals surface area contributed by atoms with Crippen LogP contribution in [0.5, 0.6) is 0 Å². The van der Waals surface area contributed by atoms with Gasteiger partial charge in [-0.15, -0.1) is 0 Å². The van der Waals surface area contributed by atoms with Crippen molar-refractivity contribution < 1.29 is 0 Å². The van der Waals surface area contributed by atoms with Gasteiger partial charge in [0.1, 0.15) is 0 Å². The van der Waals surface area contributed by atoms with Crippen LogP contribution < -0.4 is 0 Å². The monoisotopic (exact) mass is 225 g/mol. The molecule has 1 aromatic carbocycles. The number of benzene rings is 1. The standard InChI is InChI=1S/C11H9Cl2N/c12-10-4-3-5-11(13)9(10)8-14-6-1-2-7-14/h1-7H,8H2. The molecule has 14 heavy (non-hydrogen) atoms. The molecule has 0 atom stereocenters. The molecule has 0 spiro atoms. The zero-order valence-electron chi connectivity index (χ0n) is 7.45. The smallest absolute Gasteiger partial charge is 0.0499 e. The summed E-state index contributed by atoms with van der Waals surface area (Å²) >= 11 is 12.1. The zero-order valence-corrected chi connectivity index (χ0v) is 8.96. The summed E-state index contributed by atoms with van der Waals surface area (Å²) in [5, 5.41) is 1.43. The van der Waals surface area contributed by atoms with Crippen molar-refractivity contribution in [1.29, 1.82) is 0 Å². The van der Waals surface area contributed by atoms with Crippen LogP contribution in [0.1, 0.15) is 5.56 Å². The first-order valence-corrected chi connectivity index (χ1v) is 5.06. The summed E-state index contributed by atoms with van der Waals surface area (Å²) in [5.41, 5.74) is 0.965. The van der Waals surface area contributed by atoms with Crippen molar-refractivity contribution in [3.8, 4) is 0 Å². The molecule has 2 rings (SSSR count). The van der Waals surface area contributed by atoms with E-state index in [0.717, 1.165) is 5.56 Å². The minimum atomic E-state index is 0.714. The molecule has 3 heteroatoms. The maximum Gasteiger partial charge on any atom is 0.0499 e. The van der Waals surface area contributed by atoms with Gasteiger partial charge in [0.2, 0.25) is 0 Å². The van der Waals surface area contributed by atoms with Crippen LogP contribution in [-0.2, 0) is 6.54 Å². The van der Waals surface area contributed by atoms with E-state index in [4.69, 9.17) is 23.2 Å². The SMILES string of the molecule is Clc1cccc(Cl)c1Cn1cccc1. The predicted molar refractivity (Wildman–Crippen MR) is 60.0 cm³/mol. The Hall–Kier alpha value is -0.920. The highest BCUT2D eigenvalue weighted by molar-refractivity contribution is 6.35. The summed E-state index contributed by atoms with van der Waals surface area (Å²) in [4.78, 5) is 0. The van der Waals surface area contributed by atoms with Gasteiger partial charge in [-0.05, 0) is 24.3 Å². The van der Waals surface area contributed by atoms with Crippen LogP contribution in [0.4, 0.5) is 0 Å². The minimum absolute atomic E-state index is 0.714. The van der Waals surface area contributed by atoms with E-state index in [1.54, 1.807) is 0 Å². The van der Waals surface area contributed by atoms with Crippen LogP contribution in [0.3, 0.4) is 0 Å². The first kappa shape index (κ1) is 9.63. The summed E-state index contributed by atoms with van der Waals surface area (Å²) in [6, 6.07) is 9.51. The van der Waals surface area contributed by atoms with E-state index in [1.807, 2.05) is 47.3 Å². The number of aromatic nitrogens is 1. The van der Waals surface area contributed by atoms with Crippen molar-refractivity contribution in [3.63, 3.8) is 0 Å². The Kier molecular flexibility index (Phi) is 2.80. The fourth-order valence-electron chi connectivity index (χ4n) is 1.34. The van der Waals surface area contributed by atoms with Gasteiger partial charge in [-0.25, -0.2) is 0 Å². The van der Waals surface area contributed by atoms with E-state index in [1.165, 1.54) is 0 Å². The highest BCUT2D eigenvalue weighted by Gasteiger charge is 2.04. The Morgan fingerprint density at radius 2 is 1.50 bits per heavy atom. The van der Waals surface area contributed by atoms with E-state index in [2.05, 4.69) is 0 Å². The Balaban J connectivity index is 2.33. The fraction of sp³-hybridized carbons (Fsp3) is 0.0909. The average molecular weight is 226 g/mol. The van der Waals surface area contributed by atoms with Gasteiger partial charge in [0, 0.05) is 34.5 Å². The van der Waals surface area contributed by atoms with Gasteiger partial charge in [0.25, 0.3) is 0 Å². The van der Waals surface area contributed by atoms with Crippen molar-refractivity contribution in [2.24, 2.45) is 0 Å². The topological polar surface area (TPSA) is 4.93 Å². The zero-order chi connectivity index (χ0) is 9.97. The highest BCUT2D eigenvalue weighted by atomic mass is 35.5. The summed E-state index contributed by atoms with van der Waals surface area (Å²) < 4.78 is 2.03. The van der Waals surface area contributed by atoms with Gasteiger partial charge in [-0.2, -0.15) is 0 Å². The van der Waals surface area contributed by atoms with Crippen LogP contribution in [-0.4, -0.2) is 4.57 Å². The lowest BCUT2D eigenvalue weighted by atomic mass is 10.2. The number of rotatable bonds is 2. The van der Waals surface area contributed by atoms with Crippen LogP contribution in [0.25, 0.3) is 0 Å². The normalized spacial score (nSPS) is 10.4. The molecule has 0 radical (unpaired) electrons. The van der Waals surface area contributed by atoms with Crippen LogP contribution in [0, 0.1) is 0 Å². The molecule has 72 valence electrons. The van der Waals surface area contributed by atoms with E-state index < -0.39 is 0 Å². The molecular formula is C11H9Cl2N. The van der Waals surface area contributed by atoms with Gasteiger partial charge in [-0.1, -0.05) is 29.3 Å². The number of nitrogens with zero attached hydrogens (tertiary/aromatic N) is 1. The summed E-state index contributed by atoms with van der Waals surface area (Å²) in [6.07, 6.45) is 3.97. The molecule has 0 aliphatic rings. The van der Waals surface area contributed by atoms with E-state index in [9.17, 15) is 0 Å². The third-order valence-electron chi connectivity index (χ3n) is 2.07. The van der Waals surface area contributed by atoms with Gasteiger partial charge in [0.05, 0.1) is 0 Å². The molecular weight excluding hydrogens is 217 g/mol. The second kappa shape index (κ2) is 4.07. The van der Waals surface area contributed by atoms with Gasteiger partial charge in [0.15, 0.2) is 0 Å². The first-order valence-electron chi connectivity index (χ1n) is 4.31. The summed E-state index contributed by atoms with van der Waals surface area (Å²) in [6.45, 7) is 0.714. The van der Waals surface area contributed by atoms with Crippen molar-refractivity contribution in [1.82, 2.24) is 4.57 Å². The molecule has 0 fully saturated rings. The summed E-state index contributed by atoms with van der Waals surface area (Å²) in [5.74, 6) is 0. The molecule has 1 heterocycles. The third kappa shape index (κ3) is 1.94. The van der Waals surface area contributed by atoms with E-state index in [0.29, 0.717) is 16.6 Å². The Morgan fingerprint density at radius 1 is 0.929 bits per heavy atom. The van der Waals surface area contributed by atoms with Crippen LogP contribution >= 0.6 is 23.2 Å². The van der Waals surface area contributed by atoms with Crippen LogP contribution in [0.15, 0.2) is 42.7 Å². The number of hydrogen-bond acceptors (Lipinski definition) is 0. The molecule has 0 aliphatic carbocycles. The van der Waals surface area contributed by atoms with Crippen LogP contribution in [0.2, 0.25) is 10.0 Å². The lowest BCUT2D eigenvalue weighted by Gasteiger charge is -2.07. The van der Waals surface area contributed by atoms with Gasteiger partial charge < -0.3 is 4.57 Å². The molecule has 0 saturated heterocycles. The fourth-order valence-corrected chi connectivity index (χ4v) is 1.86. The van der Waals surface area contributed by atoms with Crippen molar-refractivity contribution in [2.75, 3.05) is 0 Å². The van der Waals surface area contributed by atoms with E-state index >= 15 is 0 Å². The lowest BCUT2D eigenvalue weighted by Crippen LogP contribution is -1.97. The second-order valence-electron chi connectivity index (χ2n) is 3.06. The van der Waals surface area contributed by atoms with Gasteiger partial charge in [-0.3, -0.25) is 0 Å². The predicted octanol–water partition coefficient (Wildman–Crippen LogP) is 3.84. The quantitative estimate of drug-likeness (QED) is 0.733. The van der Waals surface area contributed by atoms with Crippen molar-refractivity contribution in [2.45, 2.75) is 6.54 Å². The van der Waals surface area contributed by atoms with E-state index in [-0.39, 0.29) is 0 Å².